The zero-order chi connectivity index (χ0) is 41.4. The smallest absolute Gasteiger partial charge is 0.165 e. The van der Waals surface area contributed by atoms with Gasteiger partial charge in [0.2, 0.25) is 0 Å². The second-order valence-corrected chi connectivity index (χ2v) is 17.8. The topological polar surface area (TPSA) is 59.4 Å². The van der Waals surface area contributed by atoms with Gasteiger partial charge in [-0.3, -0.25) is 9.78 Å². The predicted molar refractivity (Wildman–Crippen MR) is 230 cm³/mol. The summed E-state index contributed by atoms with van der Waals surface area (Å²) in [6, 6.07) is 20.4. The van der Waals surface area contributed by atoms with E-state index >= 15 is 0 Å². The molecule has 0 bridgehead atoms. The van der Waals surface area contributed by atoms with Gasteiger partial charge in [-0.1, -0.05) is 136 Å². The predicted octanol–water partition coefficient (Wildman–Crippen LogP) is 14.7. The van der Waals surface area contributed by atoms with Crippen LogP contribution in [0.1, 0.15) is 135 Å². The van der Waals surface area contributed by atoms with E-state index in [4.69, 9.17) is 7.48 Å². The summed E-state index contributed by atoms with van der Waals surface area (Å²) in [7, 11) is 0. The van der Waals surface area contributed by atoms with Gasteiger partial charge in [-0.15, -0.1) is 17.5 Å². The van der Waals surface area contributed by atoms with Gasteiger partial charge in [0, 0.05) is 54.3 Å². The fourth-order valence-electron chi connectivity index (χ4n) is 8.42. The number of aliphatic hydroxyl groups is 1. The summed E-state index contributed by atoms with van der Waals surface area (Å²) < 4.78 is 24.3. The van der Waals surface area contributed by atoms with E-state index in [1.54, 1.807) is 0 Å². The van der Waals surface area contributed by atoms with Crippen molar-refractivity contribution in [2.45, 2.75) is 134 Å². The van der Waals surface area contributed by atoms with Crippen molar-refractivity contribution in [1.29, 1.82) is 0 Å². The molecule has 297 valence electrons. The molecule has 1 aromatic heterocycles. The van der Waals surface area contributed by atoms with Crippen LogP contribution in [0.2, 0.25) is 0 Å². The molecule has 4 aromatic carbocycles. The first-order valence-corrected chi connectivity index (χ1v) is 20.3. The molecule has 0 atom stereocenters. The van der Waals surface area contributed by atoms with Crippen molar-refractivity contribution < 1.29 is 37.5 Å². The third-order valence-corrected chi connectivity index (χ3v) is 12.1. The van der Waals surface area contributed by atoms with Crippen molar-refractivity contribution in [2.75, 3.05) is 0 Å². The van der Waals surface area contributed by atoms with Crippen LogP contribution in [-0.2, 0) is 37.7 Å². The van der Waals surface area contributed by atoms with Crippen LogP contribution in [0.15, 0.2) is 72.6 Å². The molecule has 6 rings (SSSR count). The fraction of sp³-hybridized carbons (Fsp3) is 0.480. The van der Waals surface area contributed by atoms with Crippen LogP contribution >= 0.6 is 0 Å². The molecular weight excluding hydrogens is 855 g/mol. The van der Waals surface area contributed by atoms with E-state index < -0.39 is 0 Å². The Morgan fingerprint density at radius 3 is 1.95 bits per heavy atom. The van der Waals surface area contributed by atoms with Gasteiger partial charge in [-0.05, 0) is 96.0 Å². The van der Waals surface area contributed by atoms with E-state index in [1.807, 2.05) is 6.07 Å². The molecule has 0 amide bonds. The average molecular weight is 921 g/mol. The van der Waals surface area contributed by atoms with Crippen molar-refractivity contribution in [2.24, 2.45) is 21.7 Å². The minimum Gasteiger partial charge on any atom is -0.512 e. The fourth-order valence-corrected chi connectivity index (χ4v) is 8.42. The number of nitrogens with zero attached hydrogens (tertiary/aromatic N) is 1. The molecule has 0 saturated heterocycles. The molecule has 4 nitrogen and oxygen atoms in total. The van der Waals surface area contributed by atoms with Gasteiger partial charge in [0.25, 0.3) is 0 Å². The van der Waals surface area contributed by atoms with Crippen LogP contribution in [0.3, 0.4) is 0 Å². The van der Waals surface area contributed by atoms with E-state index in [-0.39, 0.29) is 65.5 Å². The molecule has 1 aliphatic rings. The first-order valence-electron chi connectivity index (χ1n) is 21.3. The number of benzene rings is 4. The van der Waals surface area contributed by atoms with Crippen molar-refractivity contribution in [1.82, 2.24) is 4.98 Å². The van der Waals surface area contributed by atoms with Gasteiger partial charge in [0.05, 0.1) is 8.49 Å². The second-order valence-electron chi connectivity index (χ2n) is 17.8. The molecule has 0 spiro atoms. The number of pyridine rings is 1. The molecule has 1 N–H and O–H groups in total. The van der Waals surface area contributed by atoms with E-state index in [1.165, 1.54) is 11.6 Å². The van der Waals surface area contributed by atoms with Crippen LogP contribution < -0.4 is 4.74 Å². The summed E-state index contributed by atoms with van der Waals surface area (Å²) in [5.41, 5.74) is 3.47. The number of hydrogen-bond acceptors (Lipinski definition) is 4. The van der Waals surface area contributed by atoms with Crippen LogP contribution in [0, 0.1) is 27.7 Å². The molecule has 5 heteroatoms. The minimum atomic E-state index is -0.297. The largest absolute Gasteiger partial charge is 0.512 e. The van der Waals surface area contributed by atoms with Crippen LogP contribution in [0.5, 0.6) is 11.5 Å². The summed E-state index contributed by atoms with van der Waals surface area (Å²) in [6.45, 7) is 25.8. The quantitative estimate of drug-likeness (QED) is 0.0609. The van der Waals surface area contributed by atoms with Crippen molar-refractivity contribution in [3.8, 4) is 22.8 Å². The first kappa shape index (κ1) is 41.1. The number of aliphatic hydroxyl groups excluding tert-OH is 1. The second kappa shape index (κ2) is 17.3. The summed E-state index contributed by atoms with van der Waals surface area (Å²) in [6.07, 6.45) is 8.34. The molecule has 0 saturated carbocycles. The number of aromatic nitrogens is 1. The Morgan fingerprint density at radius 1 is 0.782 bits per heavy atom. The SMILES string of the molecule is CCC(CC)(CC)C(=O)/C=C(\O)C(CC)(CC)CC.[2H]c1nc2c3c(cc4c(CC(C)(C)C)cccc4c3c1[2H])Oc1c-2[c-]c2ccccc2c1CC(C)(C)C.[Ir]. The molecular formula is C50H64IrNO3-. The first-order chi connectivity index (χ1) is 26.3. The molecule has 0 fully saturated rings. The van der Waals surface area contributed by atoms with Gasteiger partial charge in [-0.2, -0.15) is 0 Å². The van der Waals surface area contributed by atoms with E-state index in [9.17, 15) is 9.90 Å². The Bertz CT molecular complexity index is 2270. The number of fused-ring (bicyclic) bond motifs is 5. The molecule has 1 aliphatic heterocycles. The van der Waals surface area contributed by atoms with E-state index in [0.29, 0.717) is 11.4 Å². The number of allylic oxidation sites excluding steroid dienone is 2. The van der Waals surface area contributed by atoms with E-state index in [2.05, 4.69) is 137 Å². The molecule has 2 heterocycles. The number of carbonyl (C=O) groups is 1. The van der Waals surface area contributed by atoms with Crippen molar-refractivity contribution in [3.63, 3.8) is 0 Å². The van der Waals surface area contributed by atoms with Gasteiger partial charge >= 0.3 is 0 Å². The molecule has 55 heavy (non-hydrogen) atoms. The van der Waals surface area contributed by atoms with Gasteiger partial charge in [-0.25, -0.2) is 0 Å². The summed E-state index contributed by atoms with van der Waals surface area (Å²) >= 11 is 0. The molecule has 5 aromatic rings. The summed E-state index contributed by atoms with van der Waals surface area (Å²) in [5, 5.41) is 16.2. The number of ether oxygens (including phenoxy) is 1. The average Bonchev–Trinajstić information content (AvgIpc) is 3.15. The Balaban J connectivity index is 0.000000309. The van der Waals surface area contributed by atoms with Crippen LogP contribution in [-0.4, -0.2) is 15.9 Å². The number of rotatable bonds is 11. The van der Waals surface area contributed by atoms with Gasteiger partial charge < -0.3 is 9.84 Å². The van der Waals surface area contributed by atoms with Gasteiger partial charge in [0.15, 0.2) is 5.78 Å². The van der Waals surface area contributed by atoms with Crippen molar-refractivity contribution >= 4 is 38.1 Å². The zero-order valence-corrected chi connectivity index (χ0v) is 37.8. The maximum atomic E-state index is 12.5. The standard InChI is InChI=1S/C33H32NO.C17H32O2.Ir/c1-32(2,3)18-21-11-9-13-23-24-14-15-34-30-26-16-20-10-7-8-12-22(20)27(19-33(4,5)6)31(26)35-28(29(24)30)17-25(21)23;1-7-16(8-2,9-3)14(18)13-15(19)17(10-4,11-5)12-6;/h7-15,17H,18-19H2,1-6H3;13,18H,7-12H2,1-6H3;/q-1;;/b;14-13-;/i14D,15D;;. The molecule has 0 unspecified atom stereocenters. The molecule has 0 aliphatic carbocycles. The van der Waals surface area contributed by atoms with Crippen LogP contribution in [0.25, 0.3) is 43.6 Å². The number of hydrogen-bond donors (Lipinski definition) is 1. The summed E-state index contributed by atoms with van der Waals surface area (Å²) in [5.74, 6) is 1.87. The third-order valence-electron chi connectivity index (χ3n) is 12.1. The zero-order valence-electron chi connectivity index (χ0n) is 37.4. The normalized spacial score (nSPS) is 13.7. The van der Waals surface area contributed by atoms with Gasteiger partial charge in [0.1, 0.15) is 11.5 Å². The van der Waals surface area contributed by atoms with E-state index in [0.717, 1.165) is 101 Å². The maximum Gasteiger partial charge on any atom is 0.165 e. The number of ketones is 1. The van der Waals surface area contributed by atoms with Crippen molar-refractivity contribution in [3.05, 3.63) is 89.8 Å². The third kappa shape index (κ3) is 8.89. The molecule has 1 radical (unpaired) electrons. The minimum absolute atomic E-state index is 0. The monoisotopic (exact) mass is 921 g/mol. The maximum absolute atomic E-state index is 12.5. The summed E-state index contributed by atoms with van der Waals surface area (Å²) in [4.78, 5) is 17.2. The Kier molecular flexibility index (Phi) is 12.9. The Labute approximate surface area is 347 Å². The van der Waals surface area contributed by atoms with Crippen LogP contribution in [0.4, 0.5) is 0 Å². The Hall–Kier alpha value is -3.53. The number of carbonyl (C=O) groups excluding carboxylic acids is 1. The Morgan fingerprint density at radius 2 is 1.36 bits per heavy atom.